The number of rotatable bonds is 10. The monoisotopic (exact) mass is 342 g/mol. The molecule has 0 aromatic heterocycles. The second-order valence-corrected chi connectivity index (χ2v) is 7.70. The summed E-state index contributed by atoms with van der Waals surface area (Å²) in [4.78, 5) is 11.2. The maximum Gasteiger partial charge on any atom is 0.344 e. The number of hydrogen-bond acceptors (Lipinski definition) is 6. The number of sulfone groups is 1. The summed E-state index contributed by atoms with van der Waals surface area (Å²) in [6, 6.07) is 6.67. The van der Waals surface area contributed by atoms with Gasteiger partial charge in [0.25, 0.3) is 0 Å². The first kappa shape index (κ1) is 17.6. The van der Waals surface area contributed by atoms with Gasteiger partial charge in [0.05, 0.1) is 18.1 Å². The highest BCUT2D eigenvalue weighted by Crippen LogP contribution is 2.30. The summed E-state index contributed by atoms with van der Waals surface area (Å²) >= 11 is 0. The predicted molar refractivity (Wildman–Crippen MR) is 85.4 cm³/mol. The third kappa shape index (κ3) is 6.90. The van der Waals surface area contributed by atoms with Crippen molar-refractivity contribution in [2.24, 2.45) is 5.92 Å². The van der Waals surface area contributed by atoms with E-state index in [1.807, 2.05) is 0 Å². The molecule has 0 spiro atoms. The van der Waals surface area contributed by atoms with E-state index < -0.39 is 15.8 Å². The van der Waals surface area contributed by atoms with Crippen molar-refractivity contribution in [2.45, 2.75) is 19.8 Å². The number of benzene rings is 1. The van der Waals surface area contributed by atoms with Crippen LogP contribution in [0.3, 0.4) is 0 Å². The fourth-order valence-electron chi connectivity index (χ4n) is 1.99. The van der Waals surface area contributed by atoms with E-state index in [1.54, 1.807) is 31.2 Å². The molecular weight excluding hydrogens is 320 g/mol. The molecule has 0 aliphatic heterocycles. The molecule has 0 saturated heterocycles. The summed E-state index contributed by atoms with van der Waals surface area (Å²) in [6.07, 6.45) is 2.04. The minimum absolute atomic E-state index is 0.0324. The fourth-order valence-corrected chi connectivity index (χ4v) is 3.55. The van der Waals surface area contributed by atoms with Gasteiger partial charge < -0.3 is 14.2 Å². The van der Waals surface area contributed by atoms with Gasteiger partial charge in [-0.05, 0) is 49.9 Å². The quantitative estimate of drug-likeness (QED) is 0.604. The topological polar surface area (TPSA) is 78.9 Å². The van der Waals surface area contributed by atoms with Gasteiger partial charge in [0, 0.05) is 0 Å². The lowest BCUT2D eigenvalue weighted by Crippen LogP contribution is -2.18. The summed E-state index contributed by atoms with van der Waals surface area (Å²) in [5, 5.41) is 0. The van der Waals surface area contributed by atoms with Crippen LogP contribution in [0.25, 0.3) is 0 Å². The van der Waals surface area contributed by atoms with Gasteiger partial charge in [0.15, 0.2) is 16.4 Å². The molecule has 0 radical (unpaired) electrons. The van der Waals surface area contributed by atoms with E-state index in [0.29, 0.717) is 24.0 Å². The highest BCUT2D eigenvalue weighted by Gasteiger charge is 2.27. The Morgan fingerprint density at radius 2 is 1.74 bits per heavy atom. The molecule has 2 rings (SSSR count). The zero-order chi connectivity index (χ0) is 16.7. The van der Waals surface area contributed by atoms with Crippen molar-refractivity contribution in [3.8, 4) is 11.5 Å². The number of hydrogen-bond donors (Lipinski definition) is 0. The molecular formula is C16H22O6S. The van der Waals surface area contributed by atoms with Crippen LogP contribution in [-0.4, -0.2) is 45.7 Å². The number of esters is 1. The highest BCUT2D eigenvalue weighted by atomic mass is 32.2. The van der Waals surface area contributed by atoms with Crippen molar-refractivity contribution < 1.29 is 27.4 Å². The molecule has 1 aromatic carbocycles. The molecule has 1 aliphatic carbocycles. The molecule has 0 amide bonds. The van der Waals surface area contributed by atoms with Gasteiger partial charge in [0.1, 0.15) is 18.1 Å². The molecule has 0 atom stereocenters. The van der Waals surface area contributed by atoms with Gasteiger partial charge in [0.2, 0.25) is 0 Å². The largest absolute Gasteiger partial charge is 0.493 e. The zero-order valence-corrected chi connectivity index (χ0v) is 14.0. The Morgan fingerprint density at radius 3 is 2.30 bits per heavy atom. The predicted octanol–water partition coefficient (Wildman–Crippen LogP) is 1.83. The van der Waals surface area contributed by atoms with Gasteiger partial charge in [-0.3, -0.25) is 0 Å². The molecule has 1 fully saturated rings. The first-order valence-electron chi connectivity index (χ1n) is 7.70. The second kappa shape index (κ2) is 8.19. The molecule has 0 unspecified atom stereocenters. The Hall–Kier alpha value is -1.76. The van der Waals surface area contributed by atoms with Crippen LogP contribution in [0.2, 0.25) is 0 Å². The molecule has 1 aliphatic rings. The lowest BCUT2D eigenvalue weighted by Gasteiger charge is -2.09. The van der Waals surface area contributed by atoms with Crippen molar-refractivity contribution >= 4 is 15.8 Å². The van der Waals surface area contributed by atoms with E-state index in [-0.39, 0.29) is 24.7 Å². The SMILES string of the molecule is CCOC(=O)COc1ccc(OCCS(=O)(=O)CC2CC2)cc1. The maximum atomic E-state index is 11.8. The van der Waals surface area contributed by atoms with Gasteiger partial charge in [-0.2, -0.15) is 0 Å². The first-order valence-corrected chi connectivity index (χ1v) is 9.52. The average Bonchev–Trinajstić information content (AvgIpc) is 3.30. The van der Waals surface area contributed by atoms with E-state index in [1.165, 1.54) is 0 Å². The number of ether oxygens (including phenoxy) is 3. The van der Waals surface area contributed by atoms with Gasteiger partial charge >= 0.3 is 5.97 Å². The fraction of sp³-hybridized carbons (Fsp3) is 0.562. The lowest BCUT2D eigenvalue weighted by atomic mass is 10.3. The number of carbonyl (C=O) groups is 1. The van der Waals surface area contributed by atoms with E-state index in [4.69, 9.17) is 14.2 Å². The van der Waals surface area contributed by atoms with Crippen LogP contribution in [0, 0.1) is 5.92 Å². The molecule has 1 aromatic rings. The molecule has 0 heterocycles. The molecule has 0 N–H and O–H groups in total. The highest BCUT2D eigenvalue weighted by molar-refractivity contribution is 7.91. The third-order valence-electron chi connectivity index (χ3n) is 3.34. The molecule has 128 valence electrons. The van der Waals surface area contributed by atoms with E-state index in [9.17, 15) is 13.2 Å². The van der Waals surface area contributed by atoms with E-state index in [0.717, 1.165) is 12.8 Å². The van der Waals surface area contributed by atoms with Crippen molar-refractivity contribution in [2.75, 3.05) is 31.3 Å². The van der Waals surface area contributed by atoms with Crippen molar-refractivity contribution in [3.63, 3.8) is 0 Å². The summed E-state index contributed by atoms with van der Waals surface area (Å²) in [7, 11) is -3.02. The second-order valence-electron chi connectivity index (χ2n) is 5.47. The molecule has 23 heavy (non-hydrogen) atoms. The molecule has 7 heteroatoms. The summed E-state index contributed by atoms with van der Waals surface area (Å²) in [5.41, 5.74) is 0. The van der Waals surface area contributed by atoms with Crippen LogP contribution in [0.15, 0.2) is 24.3 Å². The van der Waals surface area contributed by atoms with Crippen LogP contribution in [0.5, 0.6) is 11.5 Å². The van der Waals surface area contributed by atoms with Crippen molar-refractivity contribution in [1.82, 2.24) is 0 Å². The third-order valence-corrected chi connectivity index (χ3v) is 5.10. The molecule has 1 saturated carbocycles. The van der Waals surface area contributed by atoms with Crippen LogP contribution >= 0.6 is 0 Å². The van der Waals surface area contributed by atoms with Gasteiger partial charge in [-0.1, -0.05) is 0 Å². The number of carbonyl (C=O) groups excluding carboxylic acids is 1. The maximum absolute atomic E-state index is 11.8. The molecule has 6 nitrogen and oxygen atoms in total. The Bertz CT molecular complexity index is 604. The average molecular weight is 342 g/mol. The van der Waals surface area contributed by atoms with Crippen LogP contribution < -0.4 is 9.47 Å². The van der Waals surface area contributed by atoms with E-state index in [2.05, 4.69) is 0 Å². The Morgan fingerprint density at radius 1 is 1.13 bits per heavy atom. The van der Waals surface area contributed by atoms with Crippen molar-refractivity contribution in [3.05, 3.63) is 24.3 Å². The van der Waals surface area contributed by atoms with Gasteiger partial charge in [-0.15, -0.1) is 0 Å². The molecule has 0 bridgehead atoms. The van der Waals surface area contributed by atoms with Crippen LogP contribution in [0.1, 0.15) is 19.8 Å². The Kier molecular flexibility index (Phi) is 6.27. The zero-order valence-electron chi connectivity index (χ0n) is 13.2. The van der Waals surface area contributed by atoms with E-state index >= 15 is 0 Å². The summed E-state index contributed by atoms with van der Waals surface area (Å²) in [5.74, 6) is 1.33. The minimum atomic E-state index is -3.02. The standard InChI is InChI=1S/C16H22O6S/c1-2-20-16(17)11-22-15-7-5-14(6-8-15)21-9-10-23(18,19)12-13-3-4-13/h5-8,13H,2-4,9-12H2,1H3. The first-order chi connectivity index (χ1) is 11.0. The normalized spacial score (nSPS) is 14.3. The van der Waals surface area contributed by atoms with Crippen LogP contribution in [0.4, 0.5) is 0 Å². The minimum Gasteiger partial charge on any atom is -0.493 e. The van der Waals surface area contributed by atoms with Crippen LogP contribution in [-0.2, 0) is 19.4 Å². The summed E-state index contributed by atoms with van der Waals surface area (Å²) < 4.78 is 39.0. The van der Waals surface area contributed by atoms with Crippen molar-refractivity contribution in [1.29, 1.82) is 0 Å². The lowest BCUT2D eigenvalue weighted by molar-refractivity contribution is -0.145. The van der Waals surface area contributed by atoms with Gasteiger partial charge in [-0.25, -0.2) is 13.2 Å². The smallest absolute Gasteiger partial charge is 0.344 e. The summed E-state index contributed by atoms with van der Waals surface area (Å²) in [6.45, 7) is 2.04. The Balaban J connectivity index is 1.71. The Labute approximate surface area is 136 Å².